The lowest BCUT2D eigenvalue weighted by Gasteiger charge is -2.34. The van der Waals surface area contributed by atoms with Crippen molar-refractivity contribution in [2.24, 2.45) is 5.41 Å². The first-order chi connectivity index (χ1) is 10.00. The highest BCUT2D eigenvalue weighted by molar-refractivity contribution is 9.10. The van der Waals surface area contributed by atoms with Crippen molar-refractivity contribution in [1.82, 2.24) is 5.32 Å². The zero-order valence-electron chi connectivity index (χ0n) is 13.5. The molecule has 2 rings (SSSR count). The van der Waals surface area contributed by atoms with Crippen LogP contribution in [0.4, 0.5) is 0 Å². The Morgan fingerprint density at radius 2 is 2.00 bits per heavy atom. The maximum atomic E-state index is 6.12. The highest BCUT2D eigenvalue weighted by Gasteiger charge is 2.27. The zero-order valence-corrected chi connectivity index (χ0v) is 15.1. The minimum absolute atomic E-state index is 0.436. The summed E-state index contributed by atoms with van der Waals surface area (Å²) in [6.45, 7) is 9.50. The zero-order chi connectivity index (χ0) is 15.3. The highest BCUT2D eigenvalue weighted by Crippen LogP contribution is 2.36. The fourth-order valence-electron chi connectivity index (χ4n) is 2.83. The average Bonchev–Trinajstić information content (AvgIpc) is 2.45. The van der Waals surface area contributed by atoms with Crippen molar-refractivity contribution in [3.05, 3.63) is 33.8 Å². The van der Waals surface area contributed by atoms with Crippen LogP contribution in [0.2, 0.25) is 0 Å². The van der Waals surface area contributed by atoms with Gasteiger partial charge in [0.25, 0.3) is 0 Å². The number of nitrogens with one attached hydrogen (secondary N) is 1. The molecule has 1 aliphatic carbocycles. The second-order valence-electron chi connectivity index (χ2n) is 6.88. The molecule has 3 heteroatoms. The molecular formula is C18H28BrNO. The molecule has 1 saturated carbocycles. The molecule has 0 unspecified atom stereocenters. The first kappa shape index (κ1) is 17.0. The lowest BCUT2D eigenvalue weighted by Crippen LogP contribution is -2.26. The molecule has 0 aliphatic heterocycles. The van der Waals surface area contributed by atoms with Gasteiger partial charge in [0, 0.05) is 11.0 Å². The topological polar surface area (TPSA) is 21.3 Å². The van der Waals surface area contributed by atoms with E-state index in [1.165, 1.54) is 36.8 Å². The van der Waals surface area contributed by atoms with E-state index in [1.54, 1.807) is 0 Å². The predicted molar refractivity (Wildman–Crippen MR) is 92.3 cm³/mol. The fraction of sp³-hybridized carbons (Fsp3) is 0.667. The van der Waals surface area contributed by atoms with Crippen LogP contribution in [0.15, 0.2) is 22.7 Å². The SMILES string of the molecule is CCNCc1ccc(COC2CCC(C)(C)CC2)c(Br)c1. The molecule has 0 amide bonds. The Morgan fingerprint density at radius 3 is 2.62 bits per heavy atom. The van der Waals surface area contributed by atoms with E-state index < -0.39 is 0 Å². The van der Waals surface area contributed by atoms with Gasteiger partial charge in [-0.25, -0.2) is 0 Å². The minimum Gasteiger partial charge on any atom is -0.374 e. The van der Waals surface area contributed by atoms with E-state index in [-0.39, 0.29) is 0 Å². The van der Waals surface area contributed by atoms with Crippen LogP contribution in [0.5, 0.6) is 0 Å². The van der Waals surface area contributed by atoms with Gasteiger partial charge < -0.3 is 10.1 Å². The largest absolute Gasteiger partial charge is 0.374 e. The summed E-state index contributed by atoms with van der Waals surface area (Å²) < 4.78 is 7.28. The molecule has 21 heavy (non-hydrogen) atoms. The van der Waals surface area contributed by atoms with Crippen LogP contribution in [0.25, 0.3) is 0 Å². The second kappa shape index (κ2) is 7.75. The summed E-state index contributed by atoms with van der Waals surface area (Å²) in [6.07, 6.45) is 5.39. The van der Waals surface area contributed by atoms with E-state index in [0.29, 0.717) is 18.1 Å². The van der Waals surface area contributed by atoms with Crippen LogP contribution in [-0.4, -0.2) is 12.6 Å². The number of rotatable bonds is 6. The molecule has 1 fully saturated rings. The average molecular weight is 354 g/mol. The van der Waals surface area contributed by atoms with Crippen molar-refractivity contribution in [2.45, 2.75) is 65.7 Å². The van der Waals surface area contributed by atoms with Crippen molar-refractivity contribution in [3.8, 4) is 0 Å². The van der Waals surface area contributed by atoms with Gasteiger partial charge in [-0.1, -0.05) is 48.8 Å². The molecule has 1 aromatic carbocycles. The molecule has 2 nitrogen and oxygen atoms in total. The number of halogens is 1. The Morgan fingerprint density at radius 1 is 1.29 bits per heavy atom. The third-order valence-corrected chi connectivity index (χ3v) is 5.20. The number of hydrogen-bond acceptors (Lipinski definition) is 2. The van der Waals surface area contributed by atoms with Crippen LogP contribution in [0, 0.1) is 5.41 Å². The van der Waals surface area contributed by atoms with Gasteiger partial charge in [-0.2, -0.15) is 0 Å². The Labute approximate surface area is 137 Å². The maximum Gasteiger partial charge on any atom is 0.0731 e. The van der Waals surface area contributed by atoms with Crippen LogP contribution in [-0.2, 0) is 17.9 Å². The molecule has 0 saturated heterocycles. The van der Waals surface area contributed by atoms with E-state index in [0.717, 1.165) is 17.6 Å². The normalized spacial score (nSPS) is 18.9. The molecular weight excluding hydrogens is 326 g/mol. The third-order valence-electron chi connectivity index (χ3n) is 4.46. The molecule has 0 aromatic heterocycles. The first-order valence-electron chi connectivity index (χ1n) is 8.10. The molecule has 0 heterocycles. The lowest BCUT2D eigenvalue weighted by atomic mass is 9.76. The van der Waals surface area contributed by atoms with Crippen molar-refractivity contribution >= 4 is 15.9 Å². The summed E-state index contributed by atoms with van der Waals surface area (Å²) in [5.41, 5.74) is 3.07. The van der Waals surface area contributed by atoms with Gasteiger partial charge in [-0.05, 0) is 54.8 Å². The summed E-state index contributed by atoms with van der Waals surface area (Å²) in [6, 6.07) is 6.57. The summed E-state index contributed by atoms with van der Waals surface area (Å²) in [5, 5.41) is 3.35. The summed E-state index contributed by atoms with van der Waals surface area (Å²) in [4.78, 5) is 0. The predicted octanol–water partition coefficient (Wildman–Crippen LogP) is 5.04. The summed E-state index contributed by atoms with van der Waals surface area (Å²) >= 11 is 3.67. The molecule has 0 spiro atoms. The Kier molecular flexibility index (Phi) is 6.27. The smallest absolute Gasteiger partial charge is 0.0731 e. The van der Waals surface area contributed by atoms with Crippen molar-refractivity contribution < 1.29 is 4.74 Å². The fourth-order valence-corrected chi connectivity index (χ4v) is 3.37. The number of benzene rings is 1. The molecule has 1 aliphatic rings. The van der Waals surface area contributed by atoms with E-state index in [1.807, 2.05) is 0 Å². The van der Waals surface area contributed by atoms with E-state index in [4.69, 9.17) is 4.74 Å². The molecule has 1 aromatic rings. The Bertz CT molecular complexity index is 449. The van der Waals surface area contributed by atoms with Crippen molar-refractivity contribution in [2.75, 3.05) is 6.54 Å². The van der Waals surface area contributed by atoms with Crippen LogP contribution in [0.1, 0.15) is 57.6 Å². The third kappa shape index (κ3) is 5.39. The second-order valence-corrected chi connectivity index (χ2v) is 7.74. The molecule has 0 radical (unpaired) electrons. The van der Waals surface area contributed by atoms with E-state index in [9.17, 15) is 0 Å². The van der Waals surface area contributed by atoms with Gasteiger partial charge >= 0.3 is 0 Å². The molecule has 0 atom stereocenters. The number of hydrogen-bond donors (Lipinski definition) is 1. The molecule has 1 N–H and O–H groups in total. The summed E-state index contributed by atoms with van der Waals surface area (Å²) in [7, 11) is 0. The minimum atomic E-state index is 0.436. The van der Waals surface area contributed by atoms with Gasteiger partial charge in [-0.15, -0.1) is 0 Å². The molecule has 0 bridgehead atoms. The van der Waals surface area contributed by atoms with E-state index in [2.05, 4.69) is 60.2 Å². The van der Waals surface area contributed by atoms with Crippen LogP contribution in [0.3, 0.4) is 0 Å². The molecule has 118 valence electrons. The maximum absolute atomic E-state index is 6.12. The Balaban J connectivity index is 1.83. The monoisotopic (exact) mass is 353 g/mol. The Hall–Kier alpha value is -0.380. The van der Waals surface area contributed by atoms with Gasteiger partial charge in [-0.3, -0.25) is 0 Å². The quantitative estimate of drug-likeness (QED) is 0.772. The lowest BCUT2D eigenvalue weighted by molar-refractivity contribution is -0.00580. The van der Waals surface area contributed by atoms with Crippen molar-refractivity contribution in [3.63, 3.8) is 0 Å². The highest BCUT2D eigenvalue weighted by atomic mass is 79.9. The van der Waals surface area contributed by atoms with Crippen LogP contribution < -0.4 is 5.32 Å². The summed E-state index contributed by atoms with van der Waals surface area (Å²) in [5.74, 6) is 0. The standard InChI is InChI=1S/C18H28BrNO/c1-4-20-12-14-5-6-15(17(19)11-14)13-21-16-7-9-18(2,3)10-8-16/h5-6,11,16,20H,4,7-10,12-13H2,1-3H3. The van der Waals surface area contributed by atoms with Gasteiger partial charge in [0.05, 0.1) is 12.7 Å². The first-order valence-corrected chi connectivity index (χ1v) is 8.89. The van der Waals surface area contributed by atoms with Crippen LogP contribution >= 0.6 is 15.9 Å². The number of ether oxygens (including phenoxy) is 1. The van der Waals surface area contributed by atoms with Gasteiger partial charge in [0.1, 0.15) is 0 Å². The van der Waals surface area contributed by atoms with E-state index >= 15 is 0 Å². The van der Waals surface area contributed by atoms with Crippen molar-refractivity contribution in [1.29, 1.82) is 0 Å². The van der Waals surface area contributed by atoms with Gasteiger partial charge in [0.15, 0.2) is 0 Å². The van der Waals surface area contributed by atoms with Gasteiger partial charge in [0.2, 0.25) is 0 Å².